The molecule has 0 bridgehead atoms. The van der Waals surface area contributed by atoms with Crippen molar-refractivity contribution in [2.45, 2.75) is 63.0 Å². The van der Waals surface area contributed by atoms with Crippen LogP contribution in [0.1, 0.15) is 50.7 Å². The predicted octanol–water partition coefficient (Wildman–Crippen LogP) is 5.17. The van der Waals surface area contributed by atoms with E-state index in [0.717, 1.165) is 26.1 Å². The van der Waals surface area contributed by atoms with E-state index in [4.69, 9.17) is 4.74 Å². The number of piperidine rings is 1. The SMILES string of the molecule is Cc1c(Br)cc2c3c1SCCCN3[C@H]1CCN(C(=O)OC(C)(C)C)C[C@@H]21. The number of carbonyl (C=O) groups is 1. The Morgan fingerprint density at radius 3 is 2.85 bits per heavy atom. The van der Waals surface area contributed by atoms with Gasteiger partial charge in [-0.3, -0.25) is 0 Å². The molecule has 1 amide bonds. The summed E-state index contributed by atoms with van der Waals surface area (Å²) < 4.78 is 6.82. The molecule has 2 atom stereocenters. The predicted molar refractivity (Wildman–Crippen MR) is 111 cm³/mol. The number of nitrogens with zero attached hydrogens (tertiary/aromatic N) is 2. The Labute approximate surface area is 168 Å². The van der Waals surface area contributed by atoms with E-state index in [2.05, 4.69) is 33.8 Å². The molecule has 26 heavy (non-hydrogen) atoms. The first-order valence-corrected chi connectivity index (χ1v) is 11.2. The van der Waals surface area contributed by atoms with Gasteiger partial charge < -0.3 is 14.5 Å². The van der Waals surface area contributed by atoms with Crippen molar-refractivity contribution >= 4 is 39.5 Å². The number of thioether (sulfide) groups is 1. The van der Waals surface area contributed by atoms with Gasteiger partial charge >= 0.3 is 6.09 Å². The highest BCUT2D eigenvalue weighted by atomic mass is 79.9. The van der Waals surface area contributed by atoms with Crippen LogP contribution in [-0.2, 0) is 4.74 Å². The van der Waals surface area contributed by atoms with E-state index in [1.54, 1.807) is 0 Å². The van der Waals surface area contributed by atoms with Gasteiger partial charge in [0.05, 0.1) is 5.69 Å². The molecule has 3 aliphatic heterocycles. The van der Waals surface area contributed by atoms with Crippen LogP contribution >= 0.6 is 27.7 Å². The number of carbonyl (C=O) groups excluding carboxylic acids is 1. The van der Waals surface area contributed by atoms with Gasteiger partial charge in [0.15, 0.2) is 0 Å². The third kappa shape index (κ3) is 3.13. The molecule has 0 aromatic heterocycles. The molecule has 0 unspecified atom stereocenters. The maximum atomic E-state index is 12.6. The molecule has 1 aromatic carbocycles. The Morgan fingerprint density at radius 2 is 2.12 bits per heavy atom. The second-order valence-corrected chi connectivity index (χ2v) is 10.5. The Morgan fingerprint density at radius 1 is 1.35 bits per heavy atom. The molecule has 1 aromatic rings. The summed E-state index contributed by atoms with van der Waals surface area (Å²) in [6.45, 7) is 10.7. The lowest BCUT2D eigenvalue weighted by molar-refractivity contribution is 0.0189. The fourth-order valence-corrected chi connectivity index (χ4v) is 6.20. The van der Waals surface area contributed by atoms with Crippen molar-refractivity contribution in [3.63, 3.8) is 0 Å². The third-order valence-electron chi connectivity index (χ3n) is 5.57. The quantitative estimate of drug-likeness (QED) is 0.559. The molecule has 0 spiro atoms. The van der Waals surface area contributed by atoms with Crippen LogP contribution in [0.3, 0.4) is 0 Å². The number of amides is 1. The molecular weight excluding hydrogens is 412 g/mol. The number of fused-ring (bicyclic) bond motifs is 3. The van der Waals surface area contributed by atoms with E-state index in [0.29, 0.717) is 12.0 Å². The highest BCUT2D eigenvalue weighted by molar-refractivity contribution is 9.10. The topological polar surface area (TPSA) is 32.8 Å². The minimum atomic E-state index is -0.446. The van der Waals surface area contributed by atoms with Gasteiger partial charge in [-0.15, -0.1) is 11.8 Å². The zero-order valence-corrected chi connectivity index (χ0v) is 18.4. The van der Waals surface area contributed by atoms with Crippen molar-refractivity contribution in [1.29, 1.82) is 0 Å². The van der Waals surface area contributed by atoms with Crippen LogP contribution in [0.15, 0.2) is 15.4 Å². The number of hydrogen-bond acceptors (Lipinski definition) is 4. The lowest BCUT2D eigenvalue weighted by Crippen LogP contribution is -2.49. The van der Waals surface area contributed by atoms with Crippen LogP contribution in [0.5, 0.6) is 0 Å². The van der Waals surface area contributed by atoms with Crippen molar-refractivity contribution in [3.8, 4) is 0 Å². The van der Waals surface area contributed by atoms with Gasteiger partial charge in [-0.05, 0) is 63.5 Å². The zero-order chi connectivity index (χ0) is 18.6. The largest absolute Gasteiger partial charge is 0.444 e. The van der Waals surface area contributed by atoms with Crippen LogP contribution in [0, 0.1) is 6.92 Å². The first kappa shape index (κ1) is 18.5. The summed E-state index contributed by atoms with van der Waals surface area (Å²) in [7, 11) is 0. The first-order chi connectivity index (χ1) is 12.3. The number of benzene rings is 1. The lowest BCUT2D eigenvalue weighted by atomic mass is 9.89. The van der Waals surface area contributed by atoms with Crippen LogP contribution in [-0.4, -0.2) is 48.0 Å². The summed E-state index contributed by atoms with van der Waals surface area (Å²) in [5, 5.41) is 0. The van der Waals surface area contributed by atoms with Crippen molar-refractivity contribution < 1.29 is 9.53 Å². The highest BCUT2D eigenvalue weighted by Crippen LogP contribution is 2.52. The van der Waals surface area contributed by atoms with E-state index in [-0.39, 0.29) is 6.09 Å². The second-order valence-electron chi connectivity index (χ2n) is 8.53. The van der Waals surface area contributed by atoms with Crippen molar-refractivity contribution in [3.05, 3.63) is 21.7 Å². The number of ether oxygens (including phenoxy) is 1. The van der Waals surface area contributed by atoms with Gasteiger partial charge in [0.25, 0.3) is 0 Å². The average Bonchev–Trinajstić information content (AvgIpc) is 2.72. The highest BCUT2D eigenvalue weighted by Gasteiger charge is 2.45. The number of halogens is 1. The first-order valence-electron chi connectivity index (χ1n) is 9.46. The minimum Gasteiger partial charge on any atom is -0.444 e. The molecule has 3 heterocycles. The Bertz CT molecular complexity index is 746. The van der Waals surface area contributed by atoms with Gasteiger partial charge in [0.1, 0.15) is 5.60 Å². The molecule has 0 radical (unpaired) electrons. The van der Waals surface area contributed by atoms with Gasteiger partial charge in [0, 0.05) is 41.0 Å². The summed E-state index contributed by atoms with van der Waals surface area (Å²) in [5.41, 5.74) is 3.75. The zero-order valence-electron chi connectivity index (χ0n) is 16.0. The van der Waals surface area contributed by atoms with E-state index in [1.807, 2.05) is 37.4 Å². The molecule has 0 aliphatic carbocycles. The second kappa shape index (κ2) is 6.62. The number of rotatable bonds is 0. The van der Waals surface area contributed by atoms with Gasteiger partial charge in [-0.1, -0.05) is 15.9 Å². The monoisotopic (exact) mass is 438 g/mol. The van der Waals surface area contributed by atoms with Crippen LogP contribution in [0.25, 0.3) is 0 Å². The fraction of sp³-hybridized carbons (Fsp3) is 0.650. The molecule has 0 saturated carbocycles. The van der Waals surface area contributed by atoms with E-state index in [9.17, 15) is 4.79 Å². The number of hydrogen-bond donors (Lipinski definition) is 0. The van der Waals surface area contributed by atoms with Crippen molar-refractivity contribution in [2.75, 3.05) is 30.3 Å². The molecule has 4 rings (SSSR count). The van der Waals surface area contributed by atoms with Crippen LogP contribution in [0.4, 0.5) is 10.5 Å². The Hall–Kier alpha value is -0.880. The standard InChI is InChI=1S/C20H27BrN2O2S/c1-12-15(21)10-13-14-11-22(19(24)25-20(2,3)4)8-6-16(14)23-7-5-9-26-18(12)17(13)23/h10,14,16H,5-9,11H2,1-4H3/t14-,16-/m0/s1. The molecule has 1 fully saturated rings. The van der Waals surface area contributed by atoms with E-state index < -0.39 is 5.60 Å². The summed E-state index contributed by atoms with van der Waals surface area (Å²) in [6, 6.07) is 2.81. The molecule has 142 valence electrons. The summed E-state index contributed by atoms with van der Waals surface area (Å²) >= 11 is 5.77. The molecular formula is C20H27BrN2O2S. The molecule has 4 nitrogen and oxygen atoms in total. The van der Waals surface area contributed by atoms with Crippen LogP contribution in [0.2, 0.25) is 0 Å². The Kier molecular flexibility index (Phi) is 4.71. The molecule has 1 saturated heterocycles. The van der Waals surface area contributed by atoms with Gasteiger partial charge in [-0.25, -0.2) is 4.79 Å². The number of likely N-dealkylation sites (tertiary alicyclic amines) is 1. The third-order valence-corrected chi connectivity index (χ3v) is 7.68. The molecule has 6 heteroatoms. The van der Waals surface area contributed by atoms with Gasteiger partial charge in [-0.2, -0.15) is 0 Å². The Balaban J connectivity index is 1.67. The maximum absolute atomic E-state index is 12.6. The minimum absolute atomic E-state index is 0.177. The molecule has 0 N–H and O–H groups in total. The van der Waals surface area contributed by atoms with Crippen molar-refractivity contribution in [2.24, 2.45) is 0 Å². The summed E-state index contributed by atoms with van der Waals surface area (Å²) in [4.78, 5) is 18.6. The van der Waals surface area contributed by atoms with Gasteiger partial charge in [0.2, 0.25) is 0 Å². The number of anilines is 1. The normalized spacial score (nSPS) is 24.8. The fourth-order valence-electron chi connectivity index (χ4n) is 4.45. The smallest absolute Gasteiger partial charge is 0.410 e. The lowest BCUT2D eigenvalue weighted by Gasteiger charge is -2.39. The maximum Gasteiger partial charge on any atom is 0.410 e. The summed E-state index contributed by atoms with van der Waals surface area (Å²) in [5.74, 6) is 1.56. The van der Waals surface area contributed by atoms with E-state index >= 15 is 0 Å². The van der Waals surface area contributed by atoms with Crippen LogP contribution < -0.4 is 4.90 Å². The average molecular weight is 439 g/mol. The summed E-state index contributed by atoms with van der Waals surface area (Å²) in [6.07, 6.45) is 2.05. The van der Waals surface area contributed by atoms with Crippen molar-refractivity contribution in [1.82, 2.24) is 4.90 Å². The molecule has 3 aliphatic rings. The van der Waals surface area contributed by atoms with E-state index in [1.165, 1.54) is 38.4 Å².